The molecule has 3 N–H and O–H groups in total. The van der Waals surface area contributed by atoms with Gasteiger partial charge >= 0.3 is 24.4 Å². The van der Waals surface area contributed by atoms with Crippen LogP contribution in [-0.4, -0.2) is 59.3 Å². The second-order valence-corrected chi connectivity index (χ2v) is 11.0. The summed E-state index contributed by atoms with van der Waals surface area (Å²) in [4.78, 5) is 13.0. The molecule has 9 nitrogen and oxygen atoms in total. The Kier molecular flexibility index (Phi) is 12.5. The van der Waals surface area contributed by atoms with Crippen LogP contribution in [0.15, 0.2) is 18.2 Å². The normalized spacial score (nSPS) is 20.3. The highest BCUT2D eigenvalue weighted by Crippen LogP contribution is 2.41. The molecule has 3 rings (SSSR count). The number of carbonyl (C=O) groups excluding carboxylic acids is 1. The maximum absolute atomic E-state index is 13.3. The summed E-state index contributed by atoms with van der Waals surface area (Å²) >= 11 is 5.78. The standard InChI is InChI=1S/C26H33ClF5N3O4.O2S/c1-4-35-21(19(27)20(34-35)22(36)33-14-25(38)9-7-15(2)8-10-25)17-6-5-16(13-18(17)39-23(28)29)24(3,37)11-12-26(30,31)32;1-3-2/h5-6,13,15,23,37-38H,4,7-12,14H2,1-3H3,(H,33,36);. The van der Waals surface area contributed by atoms with Crippen molar-refractivity contribution in [1.29, 1.82) is 0 Å². The number of aromatic nitrogens is 2. The first kappa shape index (κ1) is 35.6. The van der Waals surface area contributed by atoms with Crippen molar-refractivity contribution in [2.24, 2.45) is 5.92 Å². The third-order valence-electron chi connectivity index (χ3n) is 7.16. The van der Waals surface area contributed by atoms with Crippen molar-refractivity contribution in [1.82, 2.24) is 15.1 Å². The number of rotatable bonds is 10. The summed E-state index contributed by atoms with van der Waals surface area (Å²) < 4.78 is 87.4. The lowest BCUT2D eigenvalue weighted by Gasteiger charge is -2.34. The minimum atomic E-state index is -4.52. The first-order valence-electron chi connectivity index (χ1n) is 13.0. The summed E-state index contributed by atoms with van der Waals surface area (Å²) in [5.41, 5.74) is -3.23. The zero-order chi connectivity index (χ0) is 31.9. The van der Waals surface area contributed by atoms with Gasteiger partial charge in [-0.05, 0) is 69.6 Å². The van der Waals surface area contributed by atoms with E-state index in [4.69, 9.17) is 20.0 Å². The van der Waals surface area contributed by atoms with Crippen LogP contribution < -0.4 is 10.1 Å². The number of aryl methyl sites for hydroxylation is 1. The van der Waals surface area contributed by atoms with Crippen molar-refractivity contribution in [2.75, 3.05) is 6.54 Å². The molecule has 0 aliphatic heterocycles. The lowest BCUT2D eigenvalue weighted by atomic mass is 9.79. The summed E-state index contributed by atoms with van der Waals surface area (Å²) in [6.45, 7) is 1.81. The maximum atomic E-state index is 13.3. The summed E-state index contributed by atoms with van der Waals surface area (Å²) in [5, 5.41) is 28.2. The quantitative estimate of drug-likeness (QED) is 0.296. The molecule has 16 heteroatoms. The molecule has 0 bridgehead atoms. The van der Waals surface area contributed by atoms with E-state index < -0.39 is 60.1 Å². The van der Waals surface area contributed by atoms with Crippen LogP contribution in [0.2, 0.25) is 5.02 Å². The van der Waals surface area contributed by atoms with Gasteiger partial charge in [0.15, 0.2) is 5.69 Å². The van der Waals surface area contributed by atoms with Gasteiger partial charge in [-0.25, -0.2) is 0 Å². The van der Waals surface area contributed by atoms with Crippen molar-refractivity contribution in [3.8, 4) is 17.0 Å². The Hall–Kier alpha value is -2.62. The minimum Gasteiger partial charge on any atom is -0.434 e. The molecular weight excluding hydrogens is 613 g/mol. The van der Waals surface area contributed by atoms with Crippen LogP contribution in [0.1, 0.15) is 75.3 Å². The van der Waals surface area contributed by atoms with Gasteiger partial charge < -0.3 is 20.3 Å². The molecule has 1 aromatic heterocycles. The average molecular weight is 646 g/mol. The Bertz CT molecular complexity index is 1260. The summed E-state index contributed by atoms with van der Waals surface area (Å²) in [7, 11) is 0. The molecule has 0 radical (unpaired) electrons. The number of ether oxygens (including phenoxy) is 1. The molecule has 1 aromatic carbocycles. The molecule has 1 aliphatic carbocycles. The highest BCUT2D eigenvalue weighted by molar-refractivity contribution is 7.51. The zero-order valence-corrected chi connectivity index (χ0v) is 24.7. The number of amides is 1. The summed E-state index contributed by atoms with van der Waals surface area (Å²) in [6.07, 6.45) is -3.79. The second kappa shape index (κ2) is 14.7. The fourth-order valence-electron chi connectivity index (χ4n) is 4.65. The van der Waals surface area contributed by atoms with E-state index in [2.05, 4.69) is 22.1 Å². The summed E-state index contributed by atoms with van der Waals surface area (Å²) in [6, 6.07) is 3.59. The third kappa shape index (κ3) is 9.71. The molecule has 42 heavy (non-hydrogen) atoms. The van der Waals surface area contributed by atoms with E-state index in [0.29, 0.717) is 18.8 Å². The lowest BCUT2D eigenvalue weighted by molar-refractivity contribution is -0.146. The Morgan fingerprint density at radius 3 is 2.38 bits per heavy atom. The number of hydrogen-bond donors (Lipinski definition) is 3. The van der Waals surface area contributed by atoms with E-state index in [-0.39, 0.29) is 40.6 Å². The van der Waals surface area contributed by atoms with Crippen molar-refractivity contribution in [3.63, 3.8) is 0 Å². The largest absolute Gasteiger partial charge is 0.434 e. The molecule has 1 atom stereocenters. The number of carbonyl (C=O) groups is 1. The van der Waals surface area contributed by atoms with Gasteiger partial charge in [-0.3, -0.25) is 9.48 Å². The predicted octanol–water partition coefficient (Wildman–Crippen LogP) is 5.38. The van der Waals surface area contributed by atoms with E-state index >= 15 is 0 Å². The van der Waals surface area contributed by atoms with Gasteiger partial charge in [0.05, 0.1) is 21.9 Å². The highest BCUT2D eigenvalue weighted by atomic mass is 35.5. The van der Waals surface area contributed by atoms with Crippen LogP contribution in [0.5, 0.6) is 5.75 Å². The number of nitrogens with zero attached hydrogens (tertiary/aromatic N) is 2. The SMILES string of the molecule is CCn1nc(C(=O)NCC2(O)CCC(C)CC2)c(Cl)c1-c1ccc(C(C)(O)CCC(F)(F)F)cc1OC(F)F.O=S=O. The van der Waals surface area contributed by atoms with Crippen LogP contribution in [0, 0.1) is 5.92 Å². The fourth-order valence-corrected chi connectivity index (χ4v) is 4.97. The smallest absolute Gasteiger partial charge is 0.389 e. The second-order valence-electron chi connectivity index (χ2n) is 10.5. The first-order valence-corrected chi connectivity index (χ1v) is 14.1. The lowest BCUT2D eigenvalue weighted by Crippen LogP contribution is -2.45. The molecule has 1 amide bonds. The van der Waals surface area contributed by atoms with Gasteiger partial charge in [0.2, 0.25) is 0 Å². The van der Waals surface area contributed by atoms with Gasteiger partial charge in [-0.1, -0.05) is 24.6 Å². The van der Waals surface area contributed by atoms with Crippen LogP contribution in [0.25, 0.3) is 11.3 Å². The van der Waals surface area contributed by atoms with Crippen LogP contribution in [-0.2, 0) is 23.7 Å². The van der Waals surface area contributed by atoms with Crippen LogP contribution in [0.4, 0.5) is 22.0 Å². The number of alkyl halides is 5. The molecule has 1 aliphatic rings. The van der Waals surface area contributed by atoms with Gasteiger partial charge in [0.25, 0.3) is 5.91 Å². The van der Waals surface area contributed by atoms with E-state index in [1.807, 2.05) is 0 Å². The van der Waals surface area contributed by atoms with Crippen LogP contribution in [0.3, 0.4) is 0 Å². The molecule has 1 fully saturated rings. The number of benzene rings is 1. The van der Waals surface area contributed by atoms with Gasteiger partial charge in [-0.2, -0.15) is 35.5 Å². The Balaban J connectivity index is 0.00000197. The average Bonchev–Trinajstić information content (AvgIpc) is 3.24. The predicted molar refractivity (Wildman–Crippen MR) is 144 cm³/mol. The Morgan fingerprint density at radius 1 is 1.26 bits per heavy atom. The van der Waals surface area contributed by atoms with Crippen molar-refractivity contribution < 1.29 is 50.1 Å². The third-order valence-corrected chi connectivity index (χ3v) is 7.52. The van der Waals surface area contributed by atoms with Gasteiger partial charge in [-0.15, -0.1) is 0 Å². The molecule has 0 spiro atoms. The number of nitrogens with one attached hydrogen (secondary N) is 1. The number of halogens is 6. The minimum absolute atomic E-state index is 0.00367. The number of hydrogen-bond acceptors (Lipinski definition) is 7. The molecule has 1 saturated carbocycles. The molecule has 2 aromatic rings. The van der Waals surface area contributed by atoms with Gasteiger partial charge in [0, 0.05) is 25.1 Å². The van der Waals surface area contributed by atoms with Gasteiger partial charge in [0.1, 0.15) is 5.75 Å². The first-order chi connectivity index (χ1) is 19.5. The summed E-state index contributed by atoms with van der Waals surface area (Å²) in [5.74, 6) is -0.630. The zero-order valence-electron chi connectivity index (χ0n) is 23.1. The highest BCUT2D eigenvalue weighted by Gasteiger charge is 2.35. The van der Waals surface area contributed by atoms with E-state index in [1.54, 1.807) is 6.92 Å². The molecule has 236 valence electrons. The number of aliphatic hydroxyl groups is 2. The monoisotopic (exact) mass is 645 g/mol. The topological polar surface area (TPSA) is 131 Å². The maximum Gasteiger partial charge on any atom is 0.389 e. The van der Waals surface area contributed by atoms with Crippen molar-refractivity contribution in [2.45, 2.75) is 89.8 Å². The fraction of sp³-hybridized carbons (Fsp3) is 0.615. The molecule has 1 heterocycles. The van der Waals surface area contributed by atoms with Crippen molar-refractivity contribution >= 4 is 29.1 Å². The van der Waals surface area contributed by atoms with Crippen LogP contribution >= 0.6 is 11.6 Å². The van der Waals surface area contributed by atoms with E-state index in [0.717, 1.165) is 25.8 Å². The molecule has 1 unspecified atom stereocenters. The molecular formula is C26H33ClF5N3O6S. The Morgan fingerprint density at radius 2 is 1.86 bits per heavy atom. The van der Waals surface area contributed by atoms with E-state index in [9.17, 15) is 37.0 Å². The molecule has 0 saturated heterocycles. The Labute approximate surface area is 248 Å². The van der Waals surface area contributed by atoms with E-state index in [1.165, 1.54) is 16.8 Å². The van der Waals surface area contributed by atoms with Crippen molar-refractivity contribution in [3.05, 3.63) is 34.5 Å².